The third-order valence-corrected chi connectivity index (χ3v) is 6.93. The van der Waals surface area contributed by atoms with Crippen molar-refractivity contribution in [3.63, 3.8) is 0 Å². The van der Waals surface area contributed by atoms with Crippen molar-refractivity contribution in [1.82, 2.24) is 19.0 Å². The van der Waals surface area contributed by atoms with Crippen LogP contribution in [0, 0.1) is 11.7 Å². The molecule has 0 amide bonds. The second kappa shape index (κ2) is 8.09. The van der Waals surface area contributed by atoms with Crippen molar-refractivity contribution in [2.24, 2.45) is 5.92 Å². The van der Waals surface area contributed by atoms with Gasteiger partial charge in [-0.05, 0) is 61.6 Å². The molecule has 0 aliphatic carbocycles. The molecule has 0 radical (unpaired) electrons. The van der Waals surface area contributed by atoms with E-state index in [1.807, 2.05) is 26.5 Å². The highest BCUT2D eigenvalue weighted by Crippen LogP contribution is 2.36. The molecule has 1 saturated heterocycles. The quantitative estimate of drug-likeness (QED) is 0.385. The van der Waals surface area contributed by atoms with Gasteiger partial charge in [-0.2, -0.15) is 0 Å². The number of aromatic nitrogens is 3. The maximum Gasteiger partial charge on any atom is 0.161 e. The van der Waals surface area contributed by atoms with Crippen LogP contribution in [0.2, 0.25) is 0 Å². The molecule has 5 nitrogen and oxygen atoms in total. The Morgan fingerprint density at radius 1 is 1.03 bits per heavy atom. The fraction of sp³-hybridized carbons (Fsp3) is 0.296. The van der Waals surface area contributed by atoms with Crippen LogP contribution < -0.4 is 4.90 Å². The van der Waals surface area contributed by atoms with E-state index >= 15 is 0 Å². The highest BCUT2D eigenvalue weighted by Gasteiger charge is 2.33. The predicted molar refractivity (Wildman–Crippen MR) is 131 cm³/mol. The molecule has 6 rings (SSSR count). The summed E-state index contributed by atoms with van der Waals surface area (Å²) in [6, 6.07) is 15.1. The summed E-state index contributed by atoms with van der Waals surface area (Å²) in [4.78, 5) is 8.87. The minimum Gasteiger partial charge on any atom is -0.368 e. The van der Waals surface area contributed by atoms with E-state index in [0.717, 1.165) is 52.7 Å². The lowest BCUT2D eigenvalue weighted by Crippen LogP contribution is -2.28. The molecule has 4 heterocycles. The highest BCUT2D eigenvalue weighted by atomic mass is 19.1. The number of anilines is 1. The maximum atomic E-state index is 14.7. The lowest BCUT2D eigenvalue weighted by Gasteiger charge is -2.21. The number of halogens is 2. The molecule has 1 fully saturated rings. The van der Waals surface area contributed by atoms with Crippen molar-refractivity contribution in [3.8, 4) is 28.3 Å². The minimum atomic E-state index is -0.823. The Labute approximate surface area is 197 Å². The van der Waals surface area contributed by atoms with Gasteiger partial charge in [0, 0.05) is 61.9 Å². The van der Waals surface area contributed by atoms with Crippen molar-refractivity contribution in [2.75, 3.05) is 38.6 Å². The van der Waals surface area contributed by atoms with E-state index in [1.54, 1.807) is 12.1 Å². The SMILES string of the molecule is CN(C)C[C@@H]1CN(c2ccc3c(c2)Cn2cc(-c4ccc(F)cc4)cc2-c2nccn2-3)C[C@@H]1F. The third kappa shape index (κ3) is 3.60. The molecule has 2 atom stereocenters. The zero-order valence-corrected chi connectivity index (χ0v) is 19.3. The summed E-state index contributed by atoms with van der Waals surface area (Å²) in [5.74, 6) is 0.644. The van der Waals surface area contributed by atoms with Crippen LogP contribution in [-0.4, -0.2) is 58.9 Å². The molecule has 0 bridgehead atoms. The first kappa shape index (κ1) is 21.1. The van der Waals surface area contributed by atoms with E-state index in [2.05, 4.69) is 54.4 Å². The summed E-state index contributed by atoms with van der Waals surface area (Å²) in [7, 11) is 3.99. The molecular weight excluding hydrogens is 432 g/mol. The van der Waals surface area contributed by atoms with Crippen molar-refractivity contribution in [2.45, 2.75) is 12.7 Å². The van der Waals surface area contributed by atoms with E-state index in [1.165, 1.54) is 12.1 Å². The average molecular weight is 460 g/mol. The monoisotopic (exact) mass is 459 g/mol. The summed E-state index contributed by atoms with van der Waals surface area (Å²) in [6.07, 6.45) is 5.07. The largest absolute Gasteiger partial charge is 0.368 e. The van der Waals surface area contributed by atoms with Crippen LogP contribution in [0.4, 0.5) is 14.5 Å². The maximum absolute atomic E-state index is 14.7. The van der Waals surface area contributed by atoms with Crippen molar-refractivity contribution < 1.29 is 8.78 Å². The zero-order valence-electron chi connectivity index (χ0n) is 19.3. The van der Waals surface area contributed by atoms with Crippen molar-refractivity contribution >= 4 is 5.69 Å². The van der Waals surface area contributed by atoms with Gasteiger partial charge in [0.05, 0.1) is 11.4 Å². The molecule has 0 saturated carbocycles. The first-order valence-electron chi connectivity index (χ1n) is 11.6. The first-order chi connectivity index (χ1) is 16.5. The number of alkyl halides is 1. The van der Waals surface area contributed by atoms with Gasteiger partial charge in [0.25, 0.3) is 0 Å². The minimum absolute atomic E-state index is 0.0170. The summed E-state index contributed by atoms with van der Waals surface area (Å²) >= 11 is 0. The summed E-state index contributed by atoms with van der Waals surface area (Å²) in [5.41, 5.74) is 6.30. The van der Waals surface area contributed by atoms with Gasteiger partial charge in [0.15, 0.2) is 5.82 Å². The number of fused-ring (bicyclic) bond motifs is 5. The van der Waals surface area contributed by atoms with Gasteiger partial charge in [0.2, 0.25) is 0 Å². The Kier molecular flexibility index (Phi) is 5.03. The molecule has 2 aliphatic heterocycles. The van der Waals surface area contributed by atoms with Crippen LogP contribution in [0.3, 0.4) is 0 Å². The van der Waals surface area contributed by atoms with Crippen LogP contribution in [0.1, 0.15) is 5.56 Å². The Morgan fingerprint density at radius 3 is 2.65 bits per heavy atom. The molecule has 7 heteroatoms. The molecule has 0 unspecified atom stereocenters. The second-order valence-corrected chi connectivity index (χ2v) is 9.63. The summed E-state index contributed by atoms with van der Waals surface area (Å²) in [5, 5.41) is 0. The molecule has 2 aliphatic rings. The standard InChI is InChI=1S/C27H27F2N5/c1-31(2)13-21-16-32(17-24(21)29)23-7-8-25-20(11-23)15-33-14-19(18-3-5-22(28)6-4-18)12-26(33)27-30-9-10-34(25)27/h3-12,14,21,24H,13,15-17H2,1-2H3/t21-,24+/m1/s1. The molecule has 2 aromatic carbocycles. The van der Waals surface area contributed by atoms with Gasteiger partial charge in [-0.3, -0.25) is 4.57 Å². The Morgan fingerprint density at radius 2 is 1.85 bits per heavy atom. The van der Waals surface area contributed by atoms with Crippen molar-refractivity contribution in [3.05, 3.63) is 78.5 Å². The number of imidazole rings is 1. The summed E-state index contributed by atoms with van der Waals surface area (Å²) < 4.78 is 32.5. The normalized spacial score (nSPS) is 19.1. The van der Waals surface area contributed by atoms with E-state index in [9.17, 15) is 8.78 Å². The van der Waals surface area contributed by atoms with Gasteiger partial charge < -0.3 is 14.4 Å². The number of rotatable bonds is 4. The number of hydrogen-bond donors (Lipinski definition) is 0. The molecule has 174 valence electrons. The van der Waals surface area contributed by atoms with Gasteiger partial charge >= 0.3 is 0 Å². The Hall–Kier alpha value is -3.45. The van der Waals surface area contributed by atoms with E-state index in [-0.39, 0.29) is 11.7 Å². The van der Waals surface area contributed by atoms with E-state index in [4.69, 9.17) is 0 Å². The fourth-order valence-corrected chi connectivity index (χ4v) is 5.31. The molecular formula is C27H27F2N5. The third-order valence-electron chi connectivity index (χ3n) is 6.93. The average Bonchev–Trinajstić information content (AvgIpc) is 3.52. The lowest BCUT2D eigenvalue weighted by atomic mass is 10.1. The number of hydrogen-bond acceptors (Lipinski definition) is 3. The van der Waals surface area contributed by atoms with Gasteiger partial charge in [-0.1, -0.05) is 12.1 Å². The number of nitrogens with zero attached hydrogens (tertiary/aromatic N) is 5. The van der Waals surface area contributed by atoms with Crippen molar-refractivity contribution in [1.29, 1.82) is 0 Å². The van der Waals surface area contributed by atoms with Crippen LogP contribution >= 0.6 is 0 Å². The number of benzene rings is 2. The molecule has 0 spiro atoms. The van der Waals surface area contributed by atoms with E-state index < -0.39 is 6.17 Å². The zero-order chi connectivity index (χ0) is 23.4. The molecule has 0 N–H and O–H groups in total. The fourth-order valence-electron chi connectivity index (χ4n) is 5.31. The smallest absolute Gasteiger partial charge is 0.161 e. The van der Waals surface area contributed by atoms with Crippen LogP contribution in [0.25, 0.3) is 28.3 Å². The van der Waals surface area contributed by atoms with Crippen LogP contribution in [0.15, 0.2) is 67.1 Å². The molecule has 2 aromatic heterocycles. The Balaban J connectivity index is 1.37. The van der Waals surface area contributed by atoms with Crippen LogP contribution in [-0.2, 0) is 6.54 Å². The van der Waals surface area contributed by atoms with Gasteiger partial charge in [0.1, 0.15) is 12.0 Å². The first-order valence-corrected chi connectivity index (χ1v) is 11.6. The Bertz CT molecular complexity index is 1340. The molecule has 4 aromatic rings. The molecule has 34 heavy (non-hydrogen) atoms. The van der Waals surface area contributed by atoms with Gasteiger partial charge in [-0.15, -0.1) is 0 Å². The van der Waals surface area contributed by atoms with Gasteiger partial charge in [-0.25, -0.2) is 13.8 Å². The van der Waals surface area contributed by atoms with Crippen LogP contribution in [0.5, 0.6) is 0 Å². The summed E-state index contributed by atoms with van der Waals surface area (Å²) in [6.45, 7) is 2.58. The topological polar surface area (TPSA) is 29.2 Å². The highest BCUT2D eigenvalue weighted by molar-refractivity contribution is 5.72. The second-order valence-electron chi connectivity index (χ2n) is 9.63. The lowest BCUT2D eigenvalue weighted by molar-refractivity contribution is 0.231. The van der Waals surface area contributed by atoms with E-state index in [0.29, 0.717) is 13.1 Å². The predicted octanol–water partition coefficient (Wildman–Crippen LogP) is 4.84.